The number of anilines is 6. The molecule has 19 aromatic rings. The lowest BCUT2D eigenvalue weighted by molar-refractivity contribution is 0.435. The van der Waals surface area contributed by atoms with Crippen molar-refractivity contribution in [1.82, 2.24) is 0 Å². The average molecular weight is 1550 g/mol. The summed E-state index contributed by atoms with van der Waals surface area (Å²) >= 11 is 3.70. The summed E-state index contributed by atoms with van der Waals surface area (Å²) in [5, 5.41) is 10.0. The zero-order valence-corrected chi connectivity index (χ0v) is 63.0. The summed E-state index contributed by atoms with van der Waals surface area (Å²) in [7, 11) is -6.49. The Hall–Kier alpha value is -13.0. The number of furan rings is 2. The number of para-hydroxylation sites is 8. The third kappa shape index (κ3) is 12.1. The van der Waals surface area contributed by atoms with Crippen molar-refractivity contribution in [1.29, 1.82) is 0 Å². The number of halogens is 1. The van der Waals surface area contributed by atoms with E-state index in [0.717, 1.165) is 148 Å². The highest BCUT2D eigenvalue weighted by molar-refractivity contribution is 9.10. The van der Waals surface area contributed by atoms with E-state index in [-0.39, 0.29) is 21.3 Å². The number of ether oxygens (including phenoxy) is 1. The molecule has 0 saturated carbocycles. The predicted molar refractivity (Wildman–Crippen MR) is 468 cm³/mol. The third-order valence-corrected chi connectivity index (χ3v) is 28.3. The summed E-state index contributed by atoms with van der Waals surface area (Å²) in [6.45, 7) is 0. The van der Waals surface area contributed by atoms with E-state index in [1.807, 2.05) is 243 Å². The standard InChI is InChI=1S/C49H32NO3P.C25H17NO2.C24H16BrO2P.CH4.B/c51-54(36-20-8-3-9-21-36)47-27-15-12-24-41(47)49(42-31-38-37-22-10-13-25-43(37)52-45(38)32-48(42)54)39-23-11-14-26-44(39)53-46-30-35(28-29-40(46)49)50(33-16-4-1-5-17-33)34-18-6-2-7-19-34;27-25-21-13-7-8-14-23(21)28-24-17-20(15-16-22(24)25)26(18-9-3-1-4-10-18)19-11-5-2-6-12-19;25-21-15-20-19-13-7-8-14-22(19)27-23(20)16-24(21)28(26,17-9-3-1-4-10-17)18-11-5-2-6-12-18;;/h1-32H;1-17H;1-16H;1H4;. The molecular formula is C99H69BBrN2O7P2. The first-order valence-corrected chi connectivity index (χ1v) is 40.6. The summed E-state index contributed by atoms with van der Waals surface area (Å²) in [6.07, 6.45) is 0. The molecule has 0 bridgehead atoms. The van der Waals surface area contributed by atoms with Gasteiger partial charge in [-0.15, -0.1) is 0 Å². The number of fused-ring (bicyclic) bond motifs is 16. The van der Waals surface area contributed by atoms with Gasteiger partial charge in [0.15, 0.2) is 14.3 Å². The molecule has 9 nitrogen and oxygen atoms in total. The van der Waals surface area contributed by atoms with Crippen LogP contribution in [0.1, 0.15) is 29.7 Å². The van der Waals surface area contributed by atoms with Crippen LogP contribution in [0, 0.1) is 0 Å². The molecule has 2 atom stereocenters. The van der Waals surface area contributed by atoms with Gasteiger partial charge in [0.05, 0.1) is 16.2 Å². The highest BCUT2D eigenvalue weighted by Gasteiger charge is 2.55. The fourth-order valence-electron chi connectivity index (χ4n) is 16.1. The molecule has 537 valence electrons. The monoisotopic (exact) mass is 1550 g/mol. The molecule has 112 heavy (non-hydrogen) atoms. The highest BCUT2D eigenvalue weighted by Crippen LogP contribution is 2.63. The number of benzene rings is 16. The van der Waals surface area contributed by atoms with Crippen molar-refractivity contribution in [3.05, 3.63) is 431 Å². The molecule has 3 aromatic heterocycles. The van der Waals surface area contributed by atoms with Gasteiger partial charge in [-0.05, 0) is 148 Å². The normalized spacial score (nSPS) is 14.4. The van der Waals surface area contributed by atoms with Gasteiger partial charge in [-0.25, -0.2) is 0 Å². The van der Waals surface area contributed by atoms with Crippen LogP contribution in [0.5, 0.6) is 11.5 Å². The third-order valence-electron chi connectivity index (χ3n) is 21.0. The van der Waals surface area contributed by atoms with Crippen molar-refractivity contribution in [2.24, 2.45) is 0 Å². The van der Waals surface area contributed by atoms with Crippen LogP contribution in [0.15, 0.2) is 417 Å². The Balaban J connectivity index is 0.000000133. The van der Waals surface area contributed by atoms with Crippen molar-refractivity contribution in [3.8, 4) is 11.5 Å². The van der Waals surface area contributed by atoms with Crippen LogP contribution in [-0.2, 0) is 14.5 Å². The average Bonchev–Trinajstić information content (AvgIpc) is 0.812. The SMILES string of the molecule is C.O=P(c1ccccc1)(c1ccccc1)c1cc2oc3ccccc3c2cc1Br.O=P1(c2ccccc2)c2ccccc2C2(c3ccccc3Oc3cc(N(c4ccccc4)c4ccccc4)ccc32)c2cc3c(cc21)oc1ccccc13.O=c1c2ccccc2oc2cc(N(c3ccccc3)c3ccccc3)ccc12.[B]. The molecule has 0 saturated heterocycles. The number of rotatable bonds is 10. The van der Waals surface area contributed by atoms with Gasteiger partial charge < -0.3 is 36.9 Å². The summed E-state index contributed by atoms with van der Waals surface area (Å²) in [4.78, 5) is 17.2. The van der Waals surface area contributed by atoms with Crippen molar-refractivity contribution in [2.45, 2.75) is 12.8 Å². The van der Waals surface area contributed by atoms with Gasteiger partial charge in [-0.2, -0.15) is 0 Å². The van der Waals surface area contributed by atoms with Crippen LogP contribution in [0.3, 0.4) is 0 Å². The molecule has 2 aliphatic rings. The second-order valence-corrected chi connectivity index (χ2v) is 33.5. The van der Waals surface area contributed by atoms with Crippen LogP contribution in [0.25, 0.3) is 65.8 Å². The van der Waals surface area contributed by atoms with Gasteiger partial charge >= 0.3 is 0 Å². The molecule has 21 rings (SSSR count). The molecule has 2 unspecified atom stereocenters. The summed E-state index contributed by atoms with van der Waals surface area (Å²) in [5.41, 5.74) is 13.4. The first-order valence-electron chi connectivity index (χ1n) is 36.4. The first-order chi connectivity index (χ1) is 54.1. The Kier molecular flexibility index (Phi) is 19.1. The Labute approximate surface area is 658 Å². The molecule has 0 aliphatic carbocycles. The molecule has 16 aromatic carbocycles. The Morgan fingerprint density at radius 3 is 1.25 bits per heavy atom. The second-order valence-electron chi connectivity index (χ2n) is 27.3. The molecule has 13 heteroatoms. The lowest BCUT2D eigenvalue weighted by atomic mass is 9.63. The van der Waals surface area contributed by atoms with E-state index in [1.165, 1.54) is 0 Å². The fraction of sp³-hybridized carbons (Fsp3) is 0.0202. The lowest BCUT2D eigenvalue weighted by Gasteiger charge is -2.47. The first kappa shape index (κ1) is 71.9. The fourth-order valence-corrected chi connectivity index (χ4v) is 23.1. The van der Waals surface area contributed by atoms with E-state index >= 15 is 4.57 Å². The van der Waals surface area contributed by atoms with Crippen molar-refractivity contribution >= 4 is 170 Å². The molecule has 3 radical (unpaired) electrons. The molecule has 0 N–H and O–H groups in total. The highest BCUT2D eigenvalue weighted by atomic mass is 79.9. The lowest BCUT2D eigenvalue weighted by Crippen LogP contribution is -2.48. The van der Waals surface area contributed by atoms with Crippen LogP contribution in [0.4, 0.5) is 34.1 Å². The summed E-state index contributed by atoms with van der Waals surface area (Å²) in [5.74, 6) is 1.51. The molecule has 0 amide bonds. The smallest absolute Gasteiger partial charge is 0.200 e. The predicted octanol–water partition coefficient (Wildman–Crippen LogP) is 24.2. The quantitative estimate of drug-likeness (QED) is 0.0752. The van der Waals surface area contributed by atoms with E-state index in [1.54, 1.807) is 6.07 Å². The van der Waals surface area contributed by atoms with E-state index in [2.05, 4.69) is 171 Å². The minimum Gasteiger partial charge on any atom is -0.457 e. The van der Waals surface area contributed by atoms with Gasteiger partial charge in [0.25, 0.3) is 0 Å². The van der Waals surface area contributed by atoms with E-state index in [4.69, 9.17) is 18.0 Å². The largest absolute Gasteiger partial charge is 0.457 e. The van der Waals surface area contributed by atoms with Crippen LogP contribution < -0.4 is 51.8 Å². The zero-order chi connectivity index (χ0) is 73.9. The molecule has 1 spiro atoms. The molecular weight excluding hydrogens is 1480 g/mol. The summed E-state index contributed by atoms with van der Waals surface area (Å²) in [6, 6.07) is 131. The van der Waals surface area contributed by atoms with Gasteiger partial charge in [0.1, 0.15) is 45.0 Å². The van der Waals surface area contributed by atoms with Gasteiger partial charge in [-0.1, -0.05) is 268 Å². The minimum atomic E-state index is -3.42. The number of nitrogens with zero attached hydrogens (tertiary/aromatic N) is 2. The minimum absolute atomic E-state index is 0. The van der Waals surface area contributed by atoms with Gasteiger partial charge in [0, 0.05) is 124 Å². The van der Waals surface area contributed by atoms with Crippen LogP contribution in [0.2, 0.25) is 0 Å². The van der Waals surface area contributed by atoms with Crippen molar-refractivity contribution in [3.63, 3.8) is 0 Å². The van der Waals surface area contributed by atoms with Crippen LogP contribution >= 0.6 is 30.2 Å². The number of hydrogen-bond acceptors (Lipinski definition) is 9. The maximum Gasteiger partial charge on any atom is 0.200 e. The van der Waals surface area contributed by atoms with E-state index in [9.17, 15) is 9.36 Å². The van der Waals surface area contributed by atoms with Gasteiger partial charge in [-0.3, -0.25) is 4.79 Å². The van der Waals surface area contributed by atoms with Crippen LogP contribution in [-0.4, -0.2) is 8.41 Å². The van der Waals surface area contributed by atoms with Gasteiger partial charge in [0.2, 0.25) is 5.43 Å². The maximum absolute atomic E-state index is 16.4. The summed E-state index contributed by atoms with van der Waals surface area (Å²) < 4.78 is 57.4. The topological polar surface area (TPSA) is 106 Å². The van der Waals surface area contributed by atoms with E-state index in [0.29, 0.717) is 21.9 Å². The zero-order valence-electron chi connectivity index (χ0n) is 59.6. The van der Waals surface area contributed by atoms with Crippen molar-refractivity contribution in [2.75, 3.05) is 9.80 Å². The molecule has 5 heterocycles. The Bertz CT molecular complexity index is 6770. The van der Waals surface area contributed by atoms with E-state index < -0.39 is 19.7 Å². The Morgan fingerprint density at radius 2 is 0.705 bits per heavy atom. The Morgan fingerprint density at radius 1 is 0.312 bits per heavy atom. The molecule has 2 aliphatic heterocycles. The van der Waals surface area contributed by atoms with Crippen molar-refractivity contribution < 1.29 is 27.1 Å². The molecule has 0 fully saturated rings. The second kappa shape index (κ2) is 29.8. The maximum atomic E-state index is 16.4. The number of hydrogen-bond donors (Lipinski definition) is 0.